The molecule has 2 rings (SSSR count). The van der Waals surface area contributed by atoms with Gasteiger partial charge in [-0.15, -0.1) is 11.3 Å². The van der Waals surface area contributed by atoms with E-state index in [9.17, 15) is 5.11 Å². The summed E-state index contributed by atoms with van der Waals surface area (Å²) in [4.78, 5) is 4.02. The molecule has 2 aromatic rings. The van der Waals surface area contributed by atoms with E-state index >= 15 is 0 Å². The molecule has 0 aliphatic carbocycles. The molecule has 15 heavy (non-hydrogen) atoms. The van der Waals surface area contributed by atoms with Crippen LogP contribution in [0.15, 0.2) is 30.5 Å². The van der Waals surface area contributed by atoms with Gasteiger partial charge in [0.1, 0.15) is 15.4 Å². The van der Waals surface area contributed by atoms with Gasteiger partial charge in [-0.3, -0.25) is 0 Å². The van der Waals surface area contributed by atoms with E-state index in [2.05, 4.69) is 4.98 Å². The van der Waals surface area contributed by atoms with Crippen molar-refractivity contribution in [1.82, 2.24) is 4.98 Å². The van der Waals surface area contributed by atoms with Gasteiger partial charge in [0.25, 0.3) is 0 Å². The first kappa shape index (κ1) is 10.9. The van der Waals surface area contributed by atoms with Crippen molar-refractivity contribution < 1.29 is 5.11 Å². The summed E-state index contributed by atoms with van der Waals surface area (Å²) in [5.74, 6) is 0. The van der Waals surface area contributed by atoms with Crippen molar-refractivity contribution in [3.05, 3.63) is 50.4 Å². The minimum Gasteiger partial charge on any atom is -0.381 e. The van der Waals surface area contributed by atoms with Gasteiger partial charge in [0.15, 0.2) is 0 Å². The molecule has 0 aliphatic rings. The highest BCUT2D eigenvalue weighted by Gasteiger charge is 2.13. The van der Waals surface area contributed by atoms with Gasteiger partial charge in [0.05, 0.1) is 6.20 Å². The second-order valence-electron chi connectivity index (χ2n) is 2.96. The molecular weight excluding hydrogens is 253 g/mol. The van der Waals surface area contributed by atoms with Gasteiger partial charge in [0, 0.05) is 5.02 Å². The molecule has 0 aliphatic heterocycles. The van der Waals surface area contributed by atoms with E-state index in [-0.39, 0.29) is 0 Å². The fraction of sp³-hybridized carbons (Fsp3) is 0.100. The lowest BCUT2D eigenvalue weighted by Crippen LogP contribution is -1.97. The van der Waals surface area contributed by atoms with Crippen LogP contribution in [-0.2, 0) is 0 Å². The lowest BCUT2D eigenvalue weighted by Gasteiger charge is -2.07. The summed E-state index contributed by atoms with van der Waals surface area (Å²) in [7, 11) is 0. The van der Waals surface area contributed by atoms with E-state index in [1.54, 1.807) is 24.3 Å². The summed E-state index contributed by atoms with van der Waals surface area (Å²) >= 11 is 12.8. The van der Waals surface area contributed by atoms with Gasteiger partial charge in [-0.1, -0.05) is 35.3 Å². The van der Waals surface area contributed by atoms with E-state index in [1.807, 2.05) is 0 Å². The molecule has 1 heterocycles. The maximum absolute atomic E-state index is 9.94. The molecule has 0 radical (unpaired) electrons. The number of hydrogen-bond donors (Lipinski definition) is 1. The monoisotopic (exact) mass is 259 g/mol. The Balaban J connectivity index is 2.28. The predicted molar refractivity (Wildman–Crippen MR) is 62.6 cm³/mol. The van der Waals surface area contributed by atoms with E-state index in [0.717, 1.165) is 5.56 Å². The molecular formula is C10H7Cl2NOS. The Kier molecular flexibility index (Phi) is 3.26. The van der Waals surface area contributed by atoms with Crippen LogP contribution in [0.3, 0.4) is 0 Å². The fourth-order valence-corrected chi connectivity index (χ4v) is 2.25. The molecule has 1 aromatic carbocycles. The van der Waals surface area contributed by atoms with Gasteiger partial charge in [-0.2, -0.15) is 0 Å². The standard InChI is InChI=1S/C10H7Cl2NOS/c11-7-3-1-6(2-4-7)9(14)10-13-5-8(12)15-10/h1-5,9,14H. The molecule has 1 N–H and O–H groups in total. The van der Waals surface area contributed by atoms with Crippen molar-refractivity contribution in [1.29, 1.82) is 0 Å². The smallest absolute Gasteiger partial charge is 0.131 e. The van der Waals surface area contributed by atoms with E-state index < -0.39 is 6.10 Å². The molecule has 1 unspecified atom stereocenters. The van der Waals surface area contributed by atoms with Crippen molar-refractivity contribution in [2.45, 2.75) is 6.10 Å². The van der Waals surface area contributed by atoms with Crippen LogP contribution in [0.4, 0.5) is 0 Å². The third-order valence-corrected chi connectivity index (χ3v) is 3.33. The SMILES string of the molecule is OC(c1ccc(Cl)cc1)c1ncc(Cl)s1. The minimum atomic E-state index is -0.736. The molecule has 0 amide bonds. The van der Waals surface area contributed by atoms with Crippen molar-refractivity contribution in [2.24, 2.45) is 0 Å². The van der Waals surface area contributed by atoms with E-state index in [4.69, 9.17) is 23.2 Å². The molecule has 0 spiro atoms. The molecule has 1 aromatic heterocycles. The Morgan fingerprint density at radius 2 is 1.87 bits per heavy atom. The fourth-order valence-electron chi connectivity index (χ4n) is 1.18. The van der Waals surface area contributed by atoms with E-state index in [1.165, 1.54) is 17.5 Å². The molecule has 2 nitrogen and oxygen atoms in total. The number of halogens is 2. The maximum Gasteiger partial charge on any atom is 0.131 e. The Morgan fingerprint density at radius 1 is 1.20 bits per heavy atom. The van der Waals surface area contributed by atoms with Crippen LogP contribution in [0.25, 0.3) is 0 Å². The van der Waals surface area contributed by atoms with Crippen LogP contribution in [0.2, 0.25) is 9.36 Å². The first-order valence-electron chi connectivity index (χ1n) is 4.21. The van der Waals surface area contributed by atoms with Crippen molar-refractivity contribution in [3.63, 3.8) is 0 Å². The van der Waals surface area contributed by atoms with E-state index in [0.29, 0.717) is 14.4 Å². The third-order valence-electron chi connectivity index (χ3n) is 1.92. The first-order chi connectivity index (χ1) is 7.16. The van der Waals surface area contributed by atoms with Crippen molar-refractivity contribution in [2.75, 3.05) is 0 Å². The molecule has 0 saturated carbocycles. The van der Waals surface area contributed by atoms with Gasteiger partial charge >= 0.3 is 0 Å². The summed E-state index contributed by atoms with van der Waals surface area (Å²) in [6.45, 7) is 0. The number of rotatable bonds is 2. The average molecular weight is 260 g/mol. The number of aliphatic hydroxyl groups excluding tert-OH is 1. The Labute approximate surface area is 101 Å². The highest BCUT2D eigenvalue weighted by Crippen LogP contribution is 2.28. The molecule has 0 bridgehead atoms. The lowest BCUT2D eigenvalue weighted by atomic mass is 10.1. The summed E-state index contributed by atoms with van der Waals surface area (Å²) in [5, 5.41) is 11.2. The Morgan fingerprint density at radius 3 is 2.40 bits per heavy atom. The number of aliphatic hydroxyl groups is 1. The number of hydrogen-bond acceptors (Lipinski definition) is 3. The van der Waals surface area contributed by atoms with Gasteiger partial charge < -0.3 is 5.11 Å². The zero-order chi connectivity index (χ0) is 10.8. The number of benzene rings is 1. The number of nitrogens with zero attached hydrogens (tertiary/aromatic N) is 1. The third kappa shape index (κ3) is 2.49. The highest BCUT2D eigenvalue weighted by atomic mass is 35.5. The normalized spacial score (nSPS) is 12.7. The topological polar surface area (TPSA) is 33.1 Å². The van der Waals surface area contributed by atoms with Crippen LogP contribution in [0.5, 0.6) is 0 Å². The Hall–Kier alpha value is -0.610. The molecule has 1 atom stereocenters. The Bertz CT molecular complexity index is 455. The second kappa shape index (κ2) is 4.49. The summed E-state index contributed by atoms with van der Waals surface area (Å²) in [6, 6.07) is 7.00. The molecule has 0 fully saturated rings. The molecule has 5 heteroatoms. The molecule has 0 saturated heterocycles. The predicted octanol–water partition coefficient (Wildman–Crippen LogP) is 3.53. The highest BCUT2D eigenvalue weighted by molar-refractivity contribution is 7.15. The van der Waals surface area contributed by atoms with Gasteiger partial charge in [0.2, 0.25) is 0 Å². The molecule has 78 valence electrons. The van der Waals surface area contributed by atoms with Crippen molar-refractivity contribution >= 4 is 34.5 Å². The maximum atomic E-state index is 9.94. The summed E-state index contributed by atoms with van der Waals surface area (Å²) in [6.07, 6.45) is 0.792. The van der Waals surface area contributed by atoms with Crippen LogP contribution in [-0.4, -0.2) is 10.1 Å². The quantitative estimate of drug-likeness (QED) is 0.895. The first-order valence-corrected chi connectivity index (χ1v) is 5.79. The van der Waals surface area contributed by atoms with Crippen molar-refractivity contribution in [3.8, 4) is 0 Å². The zero-order valence-corrected chi connectivity index (χ0v) is 9.85. The average Bonchev–Trinajstić information content (AvgIpc) is 2.65. The minimum absolute atomic E-state index is 0.568. The zero-order valence-electron chi connectivity index (χ0n) is 7.52. The van der Waals surface area contributed by atoms with Gasteiger partial charge in [-0.25, -0.2) is 4.98 Å². The van der Waals surface area contributed by atoms with Crippen LogP contribution >= 0.6 is 34.5 Å². The van der Waals surface area contributed by atoms with Crippen LogP contribution in [0, 0.1) is 0 Å². The lowest BCUT2D eigenvalue weighted by molar-refractivity contribution is 0.220. The second-order valence-corrected chi connectivity index (χ2v) is 5.09. The number of aromatic nitrogens is 1. The summed E-state index contributed by atoms with van der Waals surface area (Å²) in [5.41, 5.74) is 0.755. The van der Waals surface area contributed by atoms with Gasteiger partial charge in [-0.05, 0) is 17.7 Å². The summed E-state index contributed by atoms with van der Waals surface area (Å²) < 4.78 is 0.568. The largest absolute Gasteiger partial charge is 0.381 e. The van der Waals surface area contributed by atoms with Crippen LogP contribution in [0.1, 0.15) is 16.7 Å². The van der Waals surface area contributed by atoms with Crippen LogP contribution < -0.4 is 0 Å². The number of thiazole rings is 1.